The molecule has 2 aromatic rings. The second-order valence-electron chi connectivity index (χ2n) is 6.72. The molecule has 2 aromatic carbocycles. The number of benzene rings is 2. The van der Waals surface area contributed by atoms with Crippen LogP contribution in [0.2, 0.25) is 0 Å². The van der Waals surface area contributed by atoms with E-state index in [1.165, 1.54) is 24.0 Å². The molecular formula is C23H27NO2. The van der Waals surface area contributed by atoms with Crippen LogP contribution in [0.1, 0.15) is 54.1 Å². The number of fused-ring (bicyclic) bond motifs is 1. The highest BCUT2D eigenvalue weighted by atomic mass is 16.5. The van der Waals surface area contributed by atoms with E-state index < -0.39 is 0 Å². The number of ketones is 1. The molecule has 0 spiro atoms. The molecule has 0 aromatic heterocycles. The molecule has 0 bridgehead atoms. The summed E-state index contributed by atoms with van der Waals surface area (Å²) in [5.41, 5.74) is 4.61. The highest BCUT2D eigenvalue weighted by Crippen LogP contribution is 2.27. The lowest BCUT2D eigenvalue weighted by Gasteiger charge is -2.18. The first kappa shape index (κ1) is 18.2. The molecule has 1 N–H and O–H groups in total. The molecule has 26 heavy (non-hydrogen) atoms. The van der Waals surface area contributed by atoms with Crippen LogP contribution in [0.25, 0.3) is 0 Å². The van der Waals surface area contributed by atoms with Gasteiger partial charge in [0.25, 0.3) is 0 Å². The predicted molar refractivity (Wildman–Crippen MR) is 107 cm³/mol. The van der Waals surface area contributed by atoms with Crippen molar-refractivity contribution in [1.82, 2.24) is 0 Å². The van der Waals surface area contributed by atoms with E-state index >= 15 is 0 Å². The highest BCUT2D eigenvalue weighted by Gasteiger charge is 2.12. The Labute approximate surface area is 156 Å². The van der Waals surface area contributed by atoms with Crippen LogP contribution in [-0.2, 0) is 12.8 Å². The molecule has 0 saturated heterocycles. The normalized spacial score (nSPS) is 13.4. The number of ether oxygens (including phenoxy) is 1. The van der Waals surface area contributed by atoms with Crippen molar-refractivity contribution in [2.45, 2.75) is 45.4 Å². The zero-order valence-electron chi connectivity index (χ0n) is 15.5. The number of unbranched alkanes of at least 4 members (excludes halogenated alkanes) is 1. The summed E-state index contributed by atoms with van der Waals surface area (Å²) in [6.45, 7) is 2.85. The van der Waals surface area contributed by atoms with Gasteiger partial charge in [-0.05, 0) is 73.6 Å². The summed E-state index contributed by atoms with van der Waals surface area (Å²) in [5, 5.41) is 3.29. The number of rotatable bonds is 8. The quantitative estimate of drug-likeness (QED) is 0.385. The Balaban J connectivity index is 1.58. The maximum atomic E-state index is 12.3. The van der Waals surface area contributed by atoms with E-state index in [0.29, 0.717) is 5.56 Å². The Hall–Kier alpha value is -2.55. The zero-order valence-corrected chi connectivity index (χ0v) is 15.5. The smallest absolute Gasteiger partial charge is 0.187 e. The van der Waals surface area contributed by atoms with Crippen molar-refractivity contribution in [3.63, 3.8) is 0 Å². The van der Waals surface area contributed by atoms with Gasteiger partial charge in [0.15, 0.2) is 5.78 Å². The van der Waals surface area contributed by atoms with Gasteiger partial charge in [0.1, 0.15) is 5.75 Å². The Bertz CT molecular complexity index is 762. The standard InChI is InChI=1S/C23H27NO2/c1-2-3-17-26-20-13-11-19(12-14-20)23(25)15-16-24-22-10-6-8-18-7-4-5-9-21(18)22/h6,8,10-16,24H,2-5,7,9,17H2,1H3. The molecule has 0 fully saturated rings. The number of nitrogens with one attached hydrogen (secondary N) is 1. The molecule has 0 unspecified atom stereocenters. The number of hydrogen-bond acceptors (Lipinski definition) is 3. The third-order valence-corrected chi connectivity index (χ3v) is 4.77. The van der Waals surface area contributed by atoms with Crippen LogP contribution in [0.3, 0.4) is 0 Å². The summed E-state index contributed by atoms with van der Waals surface area (Å²) in [6.07, 6.45) is 10.3. The fourth-order valence-electron chi connectivity index (χ4n) is 3.27. The van der Waals surface area contributed by atoms with Crippen LogP contribution >= 0.6 is 0 Å². The number of carbonyl (C=O) groups is 1. The Morgan fingerprint density at radius 1 is 1.12 bits per heavy atom. The van der Waals surface area contributed by atoms with Crippen molar-refractivity contribution in [3.8, 4) is 5.75 Å². The van der Waals surface area contributed by atoms with Crippen molar-refractivity contribution in [1.29, 1.82) is 0 Å². The number of hydrogen-bond donors (Lipinski definition) is 1. The van der Waals surface area contributed by atoms with Crippen LogP contribution in [0.5, 0.6) is 5.75 Å². The summed E-state index contributed by atoms with van der Waals surface area (Å²) in [5.74, 6) is 0.801. The minimum absolute atomic E-state index is 0.0117. The van der Waals surface area contributed by atoms with Gasteiger partial charge in [-0.15, -0.1) is 0 Å². The monoisotopic (exact) mass is 349 g/mol. The van der Waals surface area contributed by atoms with E-state index in [9.17, 15) is 4.79 Å². The van der Waals surface area contributed by atoms with Gasteiger partial charge in [-0.2, -0.15) is 0 Å². The summed E-state index contributed by atoms with van der Waals surface area (Å²) in [7, 11) is 0. The molecule has 0 aliphatic heterocycles. The van der Waals surface area contributed by atoms with Crippen molar-refractivity contribution in [3.05, 3.63) is 71.4 Å². The van der Waals surface area contributed by atoms with Crippen LogP contribution in [0.15, 0.2) is 54.7 Å². The van der Waals surface area contributed by atoms with Gasteiger partial charge in [0, 0.05) is 23.5 Å². The summed E-state index contributed by atoms with van der Waals surface area (Å²) in [4.78, 5) is 12.3. The average Bonchev–Trinajstić information content (AvgIpc) is 2.69. The fraction of sp³-hybridized carbons (Fsp3) is 0.348. The maximum Gasteiger partial charge on any atom is 0.187 e. The average molecular weight is 349 g/mol. The topological polar surface area (TPSA) is 38.3 Å². The first-order chi connectivity index (χ1) is 12.8. The van der Waals surface area contributed by atoms with Gasteiger partial charge < -0.3 is 10.1 Å². The van der Waals surface area contributed by atoms with E-state index in [1.54, 1.807) is 12.3 Å². The van der Waals surface area contributed by atoms with Crippen molar-refractivity contribution in [2.24, 2.45) is 0 Å². The second kappa shape index (κ2) is 9.23. The Morgan fingerprint density at radius 3 is 2.73 bits per heavy atom. The molecule has 136 valence electrons. The van der Waals surface area contributed by atoms with Gasteiger partial charge >= 0.3 is 0 Å². The third-order valence-electron chi connectivity index (χ3n) is 4.77. The molecule has 0 heterocycles. The Morgan fingerprint density at radius 2 is 1.92 bits per heavy atom. The van der Waals surface area contributed by atoms with Crippen molar-refractivity contribution in [2.75, 3.05) is 11.9 Å². The molecule has 0 amide bonds. The van der Waals surface area contributed by atoms with Crippen LogP contribution in [0.4, 0.5) is 5.69 Å². The first-order valence-corrected chi connectivity index (χ1v) is 9.59. The lowest BCUT2D eigenvalue weighted by molar-refractivity contribution is 0.104. The predicted octanol–water partition coefficient (Wildman–Crippen LogP) is 5.55. The molecule has 3 rings (SSSR count). The fourth-order valence-corrected chi connectivity index (χ4v) is 3.27. The van der Waals surface area contributed by atoms with Crippen LogP contribution in [-0.4, -0.2) is 12.4 Å². The summed E-state index contributed by atoms with van der Waals surface area (Å²) >= 11 is 0. The molecule has 3 nitrogen and oxygen atoms in total. The third kappa shape index (κ3) is 4.75. The minimum Gasteiger partial charge on any atom is -0.494 e. The van der Waals surface area contributed by atoms with Gasteiger partial charge in [0.2, 0.25) is 0 Å². The van der Waals surface area contributed by atoms with Crippen LogP contribution in [0, 0.1) is 0 Å². The van der Waals surface area contributed by atoms with Crippen molar-refractivity contribution >= 4 is 11.5 Å². The summed E-state index contributed by atoms with van der Waals surface area (Å²) < 4.78 is 5.63. The molecule has 1 aliphatic rings. The number of aryl methyl sites for hydroxylation is 1. The lowest BCUT2D eigenvalue weighted by atomic mass is 9.90. The van der Waals surface area contributed by atoms with Crippen molar-refractivity contribution < 1.29 is 9.53 Å². The van der Waals surface area contributed by atoms with E-state index in [1.807, 2.05) is 24.3 Å². The molecule has 0 radical (unpaired) electrons. The zero-order chi connectivity index (χ0) is 18.2. The number of allylic oxidation sites excluding steroid dienone is 1. The molecule has 1 aliphatic carbocycles. The highest BCUT2D eigenvalue weighted by molar-refractivity contribution is 6.04. The van der Waals surface area contributed by atoms with E-state index in [4.69, 9.17) is 4.74 Å². The number of carbonyl (C=O) groups excluding carboxylic acids is 1. The second-order valence-corrected chi connectivity index (χ2v) is 6.72. The van der Waals surface area contributed by atoms with E-state index in [2.05, 4.69) is 30.4 Å². The van der Waals surface area contributed by atoms with Gasteiger partial charge in [-0.3, -0.25) is 4.79 Å². The first-order valence-electron chi connectivity index (χ1n) is 9.59. The van der Waals surface area contributed by atoms with E-state index in [0.717, 1.165) is 43.7 Å². The lowest BCUT2D eigenvalue weighted by Crippen LogP contribution is -2.06. The molecular weight excluding hydrogens is 322 g/mol. The van der Waals surface area contributed by atoms with Gasteiger partial charge in [-0.1, -0.05) is 25.5 Å². The summed E-state index contributed by atoms with van der Waals surface area (Å²) in [6, 6.07) is 13.7. The molecule has 0 saturated carbocycles. The Kier molecular flexibility index (Phi) is 6.48. The number of anilines is 1. The van der Waals surface area contributed by atoms with Gasteiger partial charge in [0.05, 0.1) is 6.61 Å². The maximum absolute atomic E-state index is 12.3. The molecule has 3 heteroatoms. The SMILES string of the molecule is CCCCOc1ccc(C(=O)C=CNc2cccc3c2CCCC3)cc1. The molecule has 0 atom stereocenters. The van der Waals surface area contributed by atoms with Gasteiger partial charge in [-0.25, -0.2) is 0 Å². The van der Waals surface area contributed by atoms with Crippen LogP contribution < -0.4 is 10.1 Å². The van der Waals surface area contributed by atoms with E-state index in [-0.39, 0.29) is 5.78 Å². The minimum atomic E-state index is -0.0117. The largest absolute Gasteiger partial charge is 0.494 e.